The van der Waals surface area contributed by atoms with Crippen LogP contribution in [-0.4, -0.2) is 10.9 Å². The molecule has 0 aliphatic heterocycles. The Bertz CT molecular complexity index is 851. The van der Waals surface area contributed by atoms with Gasteiger partial charge in [-0.05, 0) is 37.1 Å². The fraction of sp³-hybridized carbons (Fsp3) is 0.176. The molecule has 1 aromatic carbocycles. The van der Waals surface area contributed by atoms with Crippen LogP contribution < -0.4 is 11.1 Å². The van der Waals surface area contributed by atoms with Gasteiger partial charge in [-0.25, -0.2) is 0 Å². The summed E-state index contributed by atoms with van der Waals surface area (Å²) in [5.41, 5.74) is 7.48. The van der Waals surface area contributed by atoms with Crippen LogP contribution in [-0.2, 0) is 5.54 Å². The van der Waals surface area contributed by atoms with Crippen LogP contribution >= 0.6 is 0 Å². The summed E-state index contributed by atoms with van der Waals surface area (Å²) in [6, 6.07) is 12.9. The summed E-state index contributed by atoms with van der Waals surface area (Å²) in [5.74, 6) is 0.0360. The van der Waals surface area contributed by atoms with Gasteiger partial charge in [0.25, 0.3) is 5.91 Å². The zero-order valence-electron chi connectivity index (χ0n) is 11.9. The van der Waals surface area contributed by atoms with E-state index < -0.39 is 0 Å². The molecule has 4 rings (SSSR count). The number of aromatic nitrogens is 1. The molecule has 5 heteroatoms. The monoisotopic (exact) mass is 293 g/mol. The van der Waals surface area contributed by atoms with Crippen molar-refractivity contribution in [3.05, 3.63) is 60.1 Å². The largest absolute Gasteiger partial charge is 0.449 e. The molecule has 1 fully saturated rings. The minimum absolute atomic E-state index is 0.237. The minimum atomic E-state index is -0.358. The van der Waals surface area contributed by atoms with Gasteiger partial charge in [0.15, 0.2) is 11.3 Å². The normalized spacial score (nSPS) is 15.6. The van der Waals surface area contributed by atoms with Gasteiger partial charge in [0, 0.05) is 11.6 Å². The molecule has 0 radical (unpaired) electrons. The Kier molecular flexibility index (Phi) is 2.69. The molecule has 0 saturated heterocycles. The highest BCUT2D eigenvalue weighted by molar-refractivity contribution is 5.99. The van der Waals surface area contributed by atoms with Gasteiger partial charge < -0.3 is 15.5 Å². The standard InChI is InChI=1S/C17H15N3O2/c18-12-5-3-4-11-10-13(22-15(11)12)16(21)20-17(7-8-17)14-6-1-2-9-19-14/h1-6,9-10H,7-8,18H2,(H,20,21). The number of furan rings is 1. The Morgan fingerprint density at radius 1 is 1.23 bits per heavy atom. The maximum absolute atomic E-state index is 12.5. The van der Waals surface area contributed by atoms with Crippen LogP contribution in [0.2, 0.25) is 0 Å². The minimum Gasteiger partial charge on any atom is -0.449 e. The predicted molar refractivity (Wildman–Crippen MR) is 83.2 cm³/mol. The van der Waals surface area contributed by atoms with E-state index in [1.54, 1.807) is 18.3 Å². The average Bonchev–Trinajstić information content (AvgIpc) is 3.17. The summed E-state index contributed by atoms with van der Waals surface area (Å²) in [6.07, 6.45) is 3.51. The lowest BCUT2D eigenvalue weighted by molar-refractivity contribution is 0.0904. The topological polar surface area (TPSA) is 81.2 Å². The first-order valence-electron chi connectivity index (χ1n) is 7.20. The molecule has 1 aliphatic rings. The number of amides is 1. The van der Waals surface area contributed by atoms with E-state index in [4.69, 9.17) is 10.2 Å². The molecule has 3 N–H and O–H groups in total. The van der Waals surface area contributed by atoms with Crippen molar-refractivity contribution >= 4 is 22.6 Å². The molecular formula is C17H15N3O2. The van der Waals surface area contributed by atoms with Crippen molar-refractivity contribution in [1.29, 1.82) is 0 Å². The number of nitrogens with one attached hydrogen (secondary N) is 1. The van der Waals surface area contributed by atoms with E-state index in [-0.39, 0.29) is 17.2 Å². The molecule has 1 amide bonds. The summed E-state index contributed by atoms with van der Waals surface area (Å²) in [6.45, 7) is 0. The lowest BCUT2D eigenvalue weighted by Crippen LogP contribution is -2.35. The molecule has 1 saturated carbocycles. The fourth-order valence-electron chi connectivity index (χ4n) is 2.69. The molecule has 0 bridgehead atoms. The van der Waals surface area contributed by atoms with Gasteiger partial charge in [-0.15, -0.1) is 0 Å². The third-order valence-electron chi connectivity index (χ3n) is 4.06. The molecule has 2 aromatic heterocycles. The smallest absolute Gasteiger partial charge is 0.287 e. The number of hydrogen-bond acceptors (Lipinski definition) is 4. The molecule has 110 valence electrons. The lowest BCUT2D eigenvalue weighted by Gasteiger charge is -2.15. The van der Waals surface area contributed by atoms with Crippen LogP contribution in [0.5, 0.6) is 0 Å². The number of fused-ring (bicyclic) bond motifs is 1. The number of anilines is 1. The van der Waals surface area contributed by atoms with Crippen LogP contribution in [0.1, 0.15) is 29.1 Å². The van der Waals surface area contributed by atoms with E-state index in [1.807, 2.05) is 30.3 Å². The van der Waals surface area contributed by atoms with Crippen LogP contribution in [0.25, 0.3) is 11.0 Å². The van der Waals surface area contributed by atoms with E-state index in [1.165, 1.54) is 0 Å². The third-order valence-corrected chi connectivity index (χ3v) is 4.06. The van der Waals surface area contributed by atoms with Gasteiger partial charge in [-0.1, -0.05) is 18.2 Å². The molecule has 3 aromatic rings. The van der Waals surface area contributed by atoms with Gasteiger partial charge in [-0.3, -0.25) is 9.78 Å². The zero-order valence-corrected chi connectivity index (χ0v) is 11.9. The van der Waals surface area contributed by atoms with Gasteiger partial charge in [-0.2, -0.15) is 0 Å². The molecule has 1 aliphatic carbocycles. The number of carbonyl (C=O) groups is 1. The summed E-state index contributed by atoms with van der Waals surface area (Å²) in [5, 5.41) is 3.87. The Morgan fingerprint density at radius 2 is 2.09 bits per heavy atom. The van der Waals surface area contributed by atoms with E-state index >= 15 is 0 Å². The number of nitrogens with zero attached hydrogens (tertiary/aromatic N) is 1. The second-order valence-electron chi connectivity index (χ2n) is 5.63. The fourth-order valence-corrected chi connectivity index (χ4v) is 2.69. The van der Waals surface area contributed by atoms with E-state index in [0.717, 1.165) is 23.9 Å². The SMILES string of the molecule is Nc1cccc2cc(C(=O)NC3(c4ccccn4)CC3)oc12. The molecule has 5 nitrogen and oxygen atoms in total. The number of para-hydroxylation sites is 1. The molecule has 0 spiro atoms. The van der Waals surface area contributed by atoms with E-state index in [9.17, 15) is 4.79 Å². The number of benzene rings is 1. The number of rotatable bonds is 3. The second kappa shape index (κ2) is 4.59. The highest BCUT2D eigenvalue weighted by Crippen LogP contribution is 2.44. The molecule has 2 heterocycles. The van der Waals surface area contributed by atoms with Gasteiger partial charge >= 0.3 is 0 Å². The Balaban J connectivity index is 1.63. The van der Waals surface area contributed by atoms with Crippen molar-refractivity contribution in [2.24, 2.45) is 0 Å². The molecule has 0 unspecified atom stereocenters. The summed E-state index contributed by atoms with van der Waals surface area (Å²) in [7, 11) is 0. The van der Waals surface area contributed by atoms with Crippen molar-refractivity contribution in [2.75, 3.05) is 5.73 Å². The van der Waals surface area contributed by atoms with Crippen LogP contribution in [0.15, 0.2) is 53.1 Å². The number of pyridine rings is 1. The summed E-state index contributed by atoms with van der Waals surface area (Å²) in [4.78, 5) is 16.8. The number of carbonyl (C=O) groups excluding carboxylic acids is 1. The summed E-state index contributed by atoms with van der Waals surface area (Å²) < 4.78 is 5.61. The quantitative estimate of drug-likeness (QED) is 0.728. The highest BCUT2D eigenvalue weighted by Gasteiger charge is 2.47. The maximum atomic E-state index is 12.5. The molecular weight excluding hydrogens is 278 g/mol. The van der Waals surface area contributed by atoms with E-state index in [2.05, 4.69) is 10.3 Å². The van der Waals surface area contributed by atoms with Crippen LogP contribution in [0.3, 0.4) is 0 Å². The Labute approximate surface area is 127 Å². The van der Waals surface area contributed by atoms with Crippen molar-refractivity contribution in [3.63, 3.8) is 0 Å². The zero-order chi connectivity index (χ0) is 15.2. The van der Waals surface area contributed by atoms with Crippen molar-refractivity contribution in [2.45, 2.75) is 18.4 Å². The van der Waals surface area contributed by atoms with Crippen molar-refractivity contribution in [1.82, 2.24) is 10.3 Å². The lowest BCUT2D eigenvalue weighted by atomic mass is 10.1. The average molecular weight is 293 g/mol. The number of hydrogen-bond donors (Lipinski definition) is 2. The van der Waals surface area contributed by atoms with Gasteiger partial charge in [0.1, 0.15) is 0 Å². The number of nitrogen functional groups attached to an aromatic ring is 1. The third kappa shape index (κ3) is 2.02. The maximum Gasteiger partial charge on any atom is 0.287 e. The van der Waals surface area contributed by atoms with Crippen molar-refractivity contribution in [3.8, 4) is 0 Å². The first kappa shape index (κ1) is 12.9. The first-order chi connectivity index (χ1) is 10.7. The summed E-state index contributed by atoms with van der Waals surface area (Å²) >= 11 is 0. The van der Waals surface area contributed by atoms with Crippen LogP contribution in [0.4, 0.5) is 5.69 Å². The Morgan fingerprint density at radius 3 is 2.77 bits per heavy atom. The molecule has 0 atom stereocenters. The molecule has 22 heavy (non-hydrogen) atoms. The van der Waals surface area contributed by atoms with Crippen molar-refractivity contribution < 1.29 is 9.21 Å². The second-order valence-corrected chi connectivity index (χ2v) is 5.63. The predicted octanol–water partition coefficient (Wildman–Crippen LogP) is 2.83. The highest BCUT2D eigenvalue weighted by atomic mass is 16.3. The van der Waals surface area contributed by atoms with Gasteiger partial charge in [0.05, 0.1) is 16.9 Å². The van der Waals surface area contributed by atoms with E-state index in [0.29, 0.717) is 11.3 Å². The first-order valence-corrected chi connectivity index (χ1v) is 7.20. The van der Waals surface area contributed by atoms with Crippen LogP contribution in [0, 0.1) is 0 Å². The Hall–Kier alpha value is -2.82. The number of nitrogens with two attached hydrogens (primary N) is 1. The van der Waals surface area contributed by atoms with Gasteiger partial charge in [0.2, 0.25) is 0 Å².